The van der Waals surface area contributed by atoms with Gasteiger partial charge in [-0.1, -0.05) is 17.7 Å². The quantitative estimate of drug-likeness (QED) is 0.585. The van der Waals surface area contributed by atoms with Gasteiger partial charge >= 0.3 is 0 Å². The molecule has 82 valence electrons. The van der Waals surface area contributed by atoms with Crippen LogP contribution >= 0.6 is 24.2 Å². The molecule has 0 aliphatic carbocycles. The van der Waals surface area contributed by atoms with Gasteiger partial charge in [0.2, 0.25) is 5.96 Å². The van der Waals surface area contributed by atoms with Crippen molar-refractivity contribution in [1.29, 1.82) is 0 Å². The second-order valence-corrected chi connectivity index (χ2v) is 2.96. The molecule has 1 amide bonds. The monoisotopic (exact) mass is 247 g/mol. The Hall–Kier alpha value is -1.26. The predicted octanol–water partition coefficient (Wildman–Crippen LogP) is 1.62. The minimum atomic E-state index is -0.324. The van der Waals surface area contributed by atoms with E-state index in [4.69, 9.17) is 17.5 Å². The molecule has 0 atom stereocenters. The number of amides is 1. The first kappa shape index (κ1) is 13.7. The maximum Gasteiger partial charge on any atom is 0.257 e. The Kier molecular flexibility index (Phi) is 5.74. The Bertz CT molecular complexity index is 379. The Morgan fingerprint density at radius 1 is 1.53 bits per heavy atom. The molecule has 15 heavy (non-hydrogen) atoms. The molecule has 0 aliphatic heterocycles. The highest BCUT2D eigenvalue weighted by Gasteiger charge is 2.05. The first-order valence-corrected chi connectivity index (χ1v) is 4.29. The number of carbonyl (C=O) groups is 1. The lowest BCUT2D eigenvalue weighted by Crippen LogP contribution is -2.36. The van der Waals surface area contributed by atoms with Crippen molar-refractivity contribution >= 4 is 36.1 Å². The fraction of sp³-hybridized carbons (Fsp3) is 0.111. The molecule has 0 spiro atoms. The maximum absolute atomic E-state index is 11.4. The highest BCUT2D eigenvalue weighted by molar-refractivity contribution is 6.21. The highest BCUT2D eigenvalue weighted by Crippen LogP contribution is 2.03. The number of hydrogen-bond donors (Lipinski definition) is 2. The molecule has 0 radical (unpaired) electrons. The molecule has 0 fully saturated rings. The molecular weight excluding hydrogens is 237 g/mol. The molecular formula is C9H11Cl2N3O. The Labute approximate surface area is 99.0 Å². The van der Waals surface area contributed by atoms with Crippen molar-refractivity contribution in [2.24, 2.45) is 10.2 Å². The summed E-state index contributed by atoms with van der Waals surface area (Å²) in [4.78, 5) is 11.4. The Morgan fingerprint density at radius 3 is 2.73 bits per heavy atom. The fourth-order valence-electron chi connectivity index (χ4n) is 0.996. The second-order valence-electron chi connectivity index (χ2n) is 2.79. The normalized spacial score (nSPS) is 10.4. The van der Waals surface area contributed by atoms with Gasteiger partial charge in [-0.25, -0.2) is 0 Å². The van der Waals surface area contributed by atoms with E-state index in [0.717, 1.165) is 5.56 Å². The molecule has 0 aliphatic rings. The number of benzene rings is 1. The summed E-state index contributed by atoms with van der Waals surface area (Å²) in [6.07, 6.45) is 0. The SMILES string of the molecule is Cc1cccc(C(=O)NC(N)=NCl)c1.Cl. The zero-order valence-electron chi connectivity index (χ0n) is 8.03. The van der Waals surface area contributed by atoms with Crippen LogP contribution in [0.2, 0.25) is 0 Å². The van der Waals surface area contributed by atoms with Crippen LogP contribution in [0.1, 0.15) is 15.9 Å². The lowest BCUT2D eigenvalue weighted by Gasteiger charge is -2.03. The van der Waals surface area contributed by atoms with E-state index < -0.39 is 0 Å². The van der Waals surface area contributed by atoms with Crippen molar-refractivity contribution in [3.8, 4) is 0 Å². The predicted molar refractivity (Wildman–Crippen MR) is 63.4 cm³/mol. The number of rotatable bonds is 1. The number of halogens is 2. The van der Waals surface area contributed by atoms with Crippen LogP contribution in [-0.4, -0.2) is 11.9 Å². The third-order valence-corrected chi connectivity index (χ3v) is 1.80. The Balaban J connectivity index is 0.00000196. The van der Waals surface area contributed by atoms with Crippen molar-refractivity contribution in [3.05, 3.63) is 35.4 Å². The highest BCUT2D eigenvalue weighted by atomic mass is 35.5. The van der Waals surface area contributed by atoms with E-state index in [1.807, 2.05) is 13.0 Å². The zero-order valence-corrected chi connectivity index (χ0v) is 9.60. The molecule has 6 heteroatoms. The smallest absolute Gasteiger partial charge is 0.257 e. The summed E-state index contributed by atoms with van der Waals surface area (Å²) >= 11 is 5.06. The lowest BCUT2D eigenvalue weighted by atomic mass is 10.1. The third kappa shape index (κ3) is 4.18. The number of nitrogens with two attached hydrogens (primary N) is 1. The molecule has 1 rings (SSSR count). The molecule has 1 aromatic rings. The van der Waals surface area contributed by atoms with Gasteiger partial charge in [-0.15, -0.1) is 16.9 Å². The average Bonchev–Trinajstić information content (AvgIpc) is 2.17. The summed E-state index contributed by atoms with van der Waals surface area (Å²) in [5.41, 5.74) is 6.76. The zero-order chi connectivity index (χ0) is 10.6. The van der Waals surface area contributed by atoms with Crippen LogP contribution in [0.15, 0.2) is 28.8 Å². The molecule has 0 saturated heterocycles. The van der Waals surface area contributed by atoms with Gasteiger partial charge in [0.25, 0.3) is 5.91 Å². The lowest BCUT2D eigenvalue weighted by molar-refractivity contribution is 0.0976. The largest absolute Gasteiger partial charge is 0.369 e. The van der Waals surface area contributed by atoms with Gasteiger partial charge in [0.05, 0.1) is 0 Å². The molecule has 0 unspecified atom stereocenters. The molecule has 0 heterocycles. The molecule has 0 aromatic heterocycles. The van der Waals surface area contributed by atoms with Gasteiger partial charge in [0, 0.05) is 17.3 Å². The van der Waals surface area contributed by atoms with Gasteiger partial charge < -0.3 is 5.73 Å². The second kappa shape index (κ2) is 6.27. The Morgan fingerprint density at radius 2 is 2.20 bits per heavy atom. The summed E-state index contributed by atoms with van der Waals surface area (Å²) in [5, 5.41) is 2.33. The van der Waals surface area contributed by atoms with Gasteiger partial charge in [-0.2, -0.15) is 0 Å². The summed E-state index contributed by atoms with van der Waals surface area (Å²) in [6.45, 7) is 1.90. The number of nitrogens with zero attached hydrogens (tertiary/aromatic N) is 1. The van der Waals surface area contributed by atoms with E-state index in [-0.39, 0.29) is 24.3 Å². The third-order valence-electron chi connectivity index (χ3n) is 1.61. The number of guanidine groups is 1. The first-order chi connectivity index (χ1) is 6.63. The van der Waals surface area contributed by atoms with Crippen LogP contribution < -0.4 is 11.1 Å². The van der Waals surface area contributed by atoms with Crippen molar-refractivity contribution in [2.75, 3.05) is 0 Å². The maximum atomic E-state index is 11.4. The van der Waals surface area contributed by atoms with E-state index in [2.05, 4.69) is 9.83 Å². The summed E-state index contributed by atoms with van der Waals surface area (Å²) < 4.78 is 3.11. The van der Waals surface area contributed by atoms with E-state index in [0.29, 0.717) is 5.56 Å². The number of hydrogen-bond acceptors (Lipinski definition) is 2. The summed E-state index contributed by atoms with van der Waals surface area (Å²) in [7, 11) is 0. The van der Waals surface area contributed by atoms with Crippen molar-refractivity contribution in [1.82, 2.24) is 5.32 Å². The molecule has 1 aromatic carbocycles. The molecule has 4 nitrogen and oxygen atoms in total. The average molecular weight is 248 g/mol. The molecule has 0 bridgehead atoms. The van der Waals surface area contributed by atoms with E-state index >= 15 is 0 Å². The van der Waals surface area contributed by atoms with E-state index in [1.165, 1.54) is 0 Å². The van der Waals surface area contributed by atoms with Crippen LogP contribution in [0.25, 0.3) is 0 Å². The minimum Gasteiger partial charge on any atom is -0.369 e. The molecule has 0 saturated carbocycles. The van der Waals surface area contributed by atoms with Crippen molar-refractivity contribution in [3.63, 3.8) is 0 Å². The molecule has 3 N–H and O–H groups in total. The number of carbonyl (C=O) groups excluding carboxylic acids is 1. The van der Waals surface area contributed by atoms with Crippen molar-refractivity contribution < 1.29 is 4.79 Å². The van der Waals surface area contributed by atoms with Crippen LogP contribution in [0, 0.1) is 6.92 Å². The summed E-state index contributed by atoms with van der Waals surface area (Å²) in [6, 6.07) is 7.12. The number of nitrogens with one attached hydrogen (secondary N) is 1. The topological polar surface area (TPSA) is 67.5 Å². The first-order valence-electron chi connectivity index (χ1n) is 3.96. The van der Waals surface area contributed by atoms with Crippen LogP contribution in [-0.2, 0) is 0 Å². The van der Waals surface area contributed by atoms with Gasteiger partial charge in [0.1, 0.15) is 0 Å². The van der Waals surface area contributed by atoms with E-state index in [1.54, 1.807) is 18.2 Å². The van der Waals surface area contributed by atoms with Gasteiger partial charge in [-0.05, 0) is 19.1 Å². The van der Waals surface area contributed by atoms with E-state index in [9.17, 15) is 4.79 Å². The summed E-state index contributed by atoms with van der Waals surface area (Å²) in [5.74, 6) is -0.436. The van der Waals surface area contributed by atoms with Gasteiger partial charge in [-0.3, -0.25) is 10.1 Å². The van der Waals surface area contributed by atoms with Crippen LogP contribution in [0.4, 0.5) is 0 Å². The van der Waals surface area contributed by atoms with Gasteiger partial charge in [0.15, 0.2) is 0 Å². The minimum absolute atomic E-state index is 0. The van der Waals surface area contributed by atoms with Crippen LogP contribution in [0.3, 0.4) is 0 Å². The van der Waals surface area contributed by atoms with Crippen molar-refractivity contribution in [2.45, 2.75) is 6.92 Å². The fourth-order valence-corrected chi connectivity index (χ4v) is 1.04. The standard InChI is InChI=1S/C9H10ClN3O.ClH/c1-6-3-2-4-7(5-6)8(14)12-9(11)13-10;/h2-5H,1H3,(H3,11,12,13,14);1H. The number of aryl methyl sites for hydroxylation is 1. The van der Waals surface area contributed by atoms with Crippen LogP contribution in [0.5, 0.6) is 0 Å².